The van der Waals surface area contributed by atoms with Crippen LogP contribution in [0.15, 0.2) is 30.8 Å². The fourth-order valence-electron chi connectivity index (χ4n) is 1.76. The first-order valence-electron chi connectivity index (χ1n) is 6.01. The average Bonchev–Trinajstić information content (AvgIpc) is 2.35. The molecule has 1 rings (SSSR count). The molecule has 19 heavy (non-hydrogen) atoms. The van der Waals surface area contributed by atoms with Gasteiger partial charge in [0, 0.05) is 13.8 Å². The Balaban J connectivity index is 2.96. The van der Waals surface area contributed by atoms with Gasteiger partial charge in [0.2, 0.25) is 0 Å². The summed E-state index contributed by atoms with van der Waals surface area (Å²) in [6, 6.07) is 7.37. The topological polar surface area (TPSA) is 52.6 Å². The zero-order valence-corrected chi connectivity index (χ0v) is 11.4. The molecule has 4 heteroatoms. The Bertz CT molecular complexity index is 462. The van der Waals surface area contributed by atoms with E-state index in [1.54, 1.807) is 13.0 Å². The van der Waals surface area contributed by atoms with E-state index in [-0.39, 0.29) is 0 Å². The molecule has 102 valence electrons. The third kappa shape index (κ3) is 4.58. The van der Waals surface area contributed by atoms with Crippen LogP contribution in [-0.4, -0.2) is 18.0 Å². The van der Waals surface area contributed by atoms with Crippen LogP contribution in [0.1, 0.15) is 38.0 Å². The molecule has 1 aromatic rings. The lowest BCUT2D eigenvalue weighted by molar-refractivity contribution is -0.164. The molecule has 0 aliphatic rings. The van der Waals surface area contributed by atoms with E-state index in [0.717, 1.165) is 11.1 Å². The molecule has 0 aliphatic carbocycles. The number of ether oxygens (including phenoxy) is 2. The van der Waals surface area contributed by atoms with E-state index >= 15 is 0 Å². The van der Waals surface area contributed by atoms with Gasteiger partial charge in [-0.25, -0.2) is 0 Å². The average molecular weight is 262 g/mol. The predicted molar refractivity (Wildman–Crippen MR) is 72.3 cm³/mol. The summed E-state index contributed by atoms with van der Waals surface area (Å²) in [5, 5.41) is 0. The van der Waals surface area contributed by atoms with Gasteiger partial charge in [-0.2, -0.15) is 0 Å². The first-order valence-corrected chi connectivity index (χ1v) is 6.01. The number of carbonyl (C=O) groups excluding carboxylic acids is 2. The Morgan fingerprint density at radius 3 is 2.05 bits per heavy atom. The van der Waals surface area contributed by atoms with Crippen molar-refractivity contribution in [2.24, 2.45) is 0 Å². The maximum absolute atomic E-state index is 11.2. The molecule has 0 amide bonds. The van der Waals surface area contributed by atoms with Gasteiger partial charge in [-0.15, -0.1) is 0 Å². The van der Waals surface area contributed by atoms with Crippen LogP contribution < -0.4 is 0 Å². The van der Waals surface area contributed by atoms with Crippen molar-refractivity contribution < 1.29 is 19.1 Å². The molecule has 0 aromatic heterocycles. The number of benzene rings is 1. The highest BCUT2D eigenvalue weighted by Gasteiger charge is 2.24. The van der Waals surface area contributed by atoms with Crippen LogP contribution in [0.4, 0.5) is 0 Å². The van der Waals surface area contributed by atoms with Crippen molar-refractivity contribution in [2.75, 3.05) is 0 Å². The monoisotopic (exact) mass is 262 g/mol. The molecule has 0 heterocycles. The Hall–Kier alpha value is -2.10. The fraction of sp³-hybridized carbons (Fsp3) is 0.333. The molecule has 2 unspecified atom stereocenters. The second-order valence-corrected chi connectivity index (χ2v) is 4.22. The van der Waals surface area contributed by atoms with Crippen molar-refractivity contribution in [1.82, 2.24) is 0 Å². The lowest BCUT2D eigenvalue weighted by Crippen LogP contribution is -2.25. The van der Waals surface area contributed by atoms with E-state index in [9.17, 15) is 9.59 Å². The summed E-state index contributed by atoms with van der Waals surface area (Å²) in [5.74, 6) is -0.829. The first kappa shape index (κ1) is 15.0. The van der Waals surface area contributed by atoms with E-state index in [2.05, 4.69) is 6.58 Å². The molecular formula is C15H18O4. The smallest absolute Gasteiger partial charge is 0.303 e. The minimum atomic E-state index is -0.611. The molecule has 0 spiro atoms. The van der Waals surface area contributed by atoms with Crippen molar-refractivity contribution >= 4 is 18.0 Å². The second-order valence-electron chi connectivity index (χ2n) is 4.22. The fourth-order valence-corrected chi connectivity index (χ4v) is 1.76. The maximum Gasteiger partial charge on any atom is 0.303 e. The van der Waals surface area contributed by atoms with Crippen molar-refractivity contribution in [1.29, 1.82) is 0 Å². The van der Waals surface area contributed by atoms with Gasteiger partial charge in [-0.05, 0) is 18.1 Å². The van der Waals surface area contributed by atoms with E-state index in [1.165, 1.54) is 13.8 Å². The van der Waals surface area contributed by atoms with Gasteiger partial charge in [0.15, 0.2) is 6.10 Å². The summed E-state index contributed by atoms with van der Waals surface area (Å²) in [6.45, 7) is 8.01. The number of hydrogen-bond acceptors (Lipinski definition) is 4. The highest BCUT2D eigenvalue weighted by molar-refractivity contribution is 5.67. The molecule has 1 aromatic carbocycles. The standard InChI is InChI=1S/C15H18O4/c1-5-13-6-8-14(9-7-13)15(19-12(4)17)10(2)18-11(3)16/h5-10,15H,1H2,2-4H3. The largest absolute Gasteiger partial charge is 0.459 e. The summed E-state index contributed by atoms with van der Waals surface area (Å²) >= 11 is 0. The zero-order valence-electron chi connectivity index (χ0n) is 11.4. The van der Waals surface area contributed by atoms with Crippen LogP contribution in [0.25, 0.3) is 6.08 Å². The molecule has 0 saturated carbocycles. The van der Waals surface area contributed by atoms with Crippen LogP contribution in [0, 0.1) is 0 Å². The van der Waals surface area contributed by atoms with Gasteiger partial charge in [0.25, 0.3) is 0 Å². The summed E-state index contributed by atoms with van der Waals surface area (Å²) in [7, 11) is 0. The highest BCUT2D eigenvalue weighted by atomic mass is 16.6. The number of esters is 2. The SMILES string of the molecule is C=Cc1ccc(C(OC(C)=O)C(C)OC(C)=O)cc1. The number of hydrogen-bond donors (Lipinski definition) is 0. The highest BCUT2D eigenvalue weighted by Crippen LogP contribution is 2.24. The van der Waals surface area contributed by atoms with Gasteiger partial charge in [0.05, 0.1) is 0 Å². The van der Waals surface area contributed by atoms with E-state index in [1.807, 2.05) is 24.3 Å². The molecule has 2 atom stereocenters. The van der Waals surface area contributed by atoms with Crippen molar-refractivity contribution in [2.45, 2.75) is 33.0 Å². The molecule has 4 nitrogen and oxygen atoms in total. The van der Waals surface area contributed by atoms with Crippen molar-refractivity contribution in [3.05, 3.63) is 42.0 Å². The van der Waals surface area contributed by atoms with Gasteiger partial charge in [0.1, 0.15) is 6.10 Å². The summed E-state index contributed by atoms with van der Waals surface area (Å²) in [6.07, 6.45) is 0.566. The van der Waals surface area contributed by atoms with Crippen molar-refractivity contribution in [3.63, 3.8) is 0 Å². The number of carbonyl (C=O) groups is 2. The molecule has 0 aliphatic heterocycles. The second kappa shape index (κ2) is 6.73. The Morgan fingerprint density at radius 1 is 1.11 bits per heavy atom. The molecule has 0 saturated heterocycles. The third-order valence-corrected chi connectivity index (χ3v) is 2.57. The molecule has 0 N–H and O–H groups in total. The lowest BCUT2D eigenvalue weighted by atomic mass is 10.0. The Morgan fingerprint density at radius 2 is 1.63 bits per heavy atom. The minimum absolute atomic E-state index is 0.410. The maximum atomic E-state index is 11.2. The predicted octanol–water partition coefficient (Wildman–Crippen LogP) is 2.89. The normalized spacial score (nSPS) is 13.2. The van der Waals surface area contributed by atoms with Crippen LogP contribution >= 0.6 is 0 Å². The lowest BCUT2D eigenvalue weighted by Gasteiger charge is -2.23. The summed E-state index contributed by atoms with van der Waals surface area (Å²) < 4.78 is 10.3. The minimum Gasteiger partial charge on any atom is -0.459 e. The van der Waals surface area contributed by atoms with Gasteiger partial charge in [-0.1, -0.05) is 36.9 Å². The number of rotatable bonds is 5. The molecule has 0 radical (unpaired) electrons. The van der Waals surface area contributed by atoms with Gasteiger partial charge in [-0.3, -0.25) is 9.59 Å². The van der Waals surface area contributed by atoms with Crippen LogP contribution in [0.5, 0.6) is 0 Å². The van der Waals surface area contributed by atoms with E-state index in [4.69, 9.17) is 9.47 Å². The molecular weight excluding hydrogens is 244 g/mol. The Labute approximate surface area is 113 Å². The molecule has 0 fully saturated rings. The van der Waals surface area contributed by atoms with Gasteiger partial charge < -0.3 is 9.47 Å². The van der Waals surface area contributed by atoms with E-state index in [0.29, 0.717) is 0 Å². The zero-order chi connectivity index (χ0) is 14.4. The first-order chi connectivity index (χ1) is 8.93. The summed E-state index contributed by atoms with van der Waals surface area (Å²) in [5.41, 5.74) is 1.74. The van der Waals surface area contributed by atoms with Crippen LogP contribution in [-0.2, 0) is 19.1 Å². The quantitative estimate of drug-likeness (QED) is 0.766. The van der Waals surface area contributed by atoms with Crippen LogP contribution in [0.2, 0.25) is 0 Å². The molecule has 0 bridgehead atoms. The Kier molecular flexibility index (Phi) is 5.30. The summed E-state index contributed by atoms with van der Waals surface area (Å²) in [4.78, 5) is 22.2. The van der Waals surface area contributed by atoms with E-state index < -0.39 is 24.1 Å². The van der Waals surface area contributed by atoms with Gasteiger partial charge >= 0.3 is 11.9 Å². The van der Waals surface area contributed by atoms with Crippen LogP contribution in [0.3, 0.4) is 0 Å². The third-order valence-electron chi connectivity index (χ3n) is 2.57. The van der Waals surface area contributed by atoms with Crippen molar-refractivity contribution in [3.8, 4) is 0 Å².